The molecule has 4 rings (SSSR count). The Balaban J connectivity index is 1.47. The van der Waals surface area contributed by atoms with Crippen molar-refractivity contribution in [3.63, 3.8) is 0 Å². The summed E-state index contributed by atoms with van der Waals surface area (Å²) in [6, 6.07) is 3.86. The first-order chi connectivity index (χ1) is 14.8. The van der Waals surface area contributed by atoms with E-state index in [2.05, 4.69) is 43.5 Å². The number of rotatable bonds is 8. The Kier molecular flexibility index (Phi) is 6.38. The van der Waals surface area contributed by atoms with Gasteiger partial charge in [-0.05, 0) is 31.9 Å². The fraction of sp³-hybridized carbons (Fsp3) is 0.333. The first-order valence-corrected chi connectivity index (χ1v) is 9.84. The van der Waals surface area contributed by atoms with Crippen LogP contribution in [0, 0.1) is 0 Å². The van der Waals surface area contributed by atoms with E-state index in [1.165, 1.54) is 5.57 Å². The molecular formula is C21H23N5O4. The molecule has 9 nitrogen and oxygen atoms in total. The lowest BCUT2D eigenvalue weighted by Gasteiger charge is -2.18. The molecule has 0 spiro atoms. The number of anilines is 1. The minimum atomic E-state index is 0.176. The van der Waals surface area contributed by atoms with Gasteiger partial charge in [-0.1, -0.05) is 23.8 Å². The third kappa shape index (κ3) is 5.47. The van der Waals surface area contributed by atoms with Crippen molar-refractivity contribution >= 4 is 17.8 Å². The highest BCUT2D eigenvalue weighted by atomic mass is 16.6. The Morgan fingerprint density at radius 2 is 2.23 bits per heavy atom. The van der Waals surface area contributed by atoms with E-state index >= 15 is 0 Å². The Hall–Kier alpha value is -3.62. The molecule has 3 heterocycles. The molecule has 0 aromatic carbocycles. The van der Waals surface area contributed by atoms with Crippen molar-refractivity contribution in [3.05, 3.63) is 60.0 Å². The highest BCUT2D eigenvalue weighted by molar-refractivity contribution is 5.81. The lowest BCUT2D eigenvalue weighted by atomic mass is 10.0. The molecule has 30 heavy (non-hydrogen) atoms. The number of aliphatic imine (C=N–C) groups is 1. The summed E-state index contributed by atoms with van der Waals surface area (Å²) in [6.07, 6.45) is 12.3. The van der Waals surface area contributed by atoms with Gasteiger partial charge in [0.15, 0.2) is 6.61 Å². The summed E-state index contributed by atoms with van der Waals surface area (Å²) in [4.78, 5) is 17.2. The zero-order chi connectivity index (χ0) is 20.6. The molecule has 0 saturated carbocycles. The lowest BCUT2D eigenvalue weighted by Crippen LogP contribution is -2.17. The average Bonchev–Trinajstić information content (AvgIpc) is 3.27. The predicted molar refractivity (Wildman–Crippen MR) is 110 cm³/mol. The largest absolute Gasteiger partial charge is 0.488 e. The maximum Gasteiger partial charge on any atom is 0.323 e. The molecule has 0 unspecified atom stereocenters. The van der Waals surface area contributed by atoms with Crippen molar-refractivity contribution < 1.29 is 18.6 Å². The van der Waals surface area contributed by atoms with Gasteiger partial charge in [0, 0.05) is 6.42 Å². The second-order valence-corrected chi connectivity index (χ2v) is 6.58. The van der Waals surface area contributed by atoms with Crippen molar-refractivity contribution in [2.75, 3.05) is 18.5 Å². The third-order valence-electron chi connectivity index (χ3n) is 4.27. The number of nitrogens with one attached hydrogen (secondary N) is 1. The summed E-state index contributed by atoms with van der Waals surface area (Å²) in [5.41, 5.74) is 1.29. The first-order valence-electron chi connectivity index (χ1n) is 9.84. The number of nitrogens with zero attached hydrogens (tertiary/aromatic N) is 4. The molecule has 1 aliphatic carbocycles. The van der Waals surface area contributed by atoms with E-state index in [0.717, 1.165) is 18.6 Å². The van der Waals surface area contributed by atoms with Crippen molar-refractivity contribution in [1.29, 1.82) is 0 Å². The molecule has 0 fully saturated rings. The van der Waals surface area contributed by atoms with Crippen LogP contribution in [0.2, 0.25) is 0 Å². The number of ether oxygens (including phenoxy) is 3. The molecule has 1 N–H and O–H groups in total. The standard InChI is InChI=1S/C21H23N5O4/c1-2-28-21-25-19(22-12-16-9-6-10-29-16)24-20(26-21)23-18-14-27-13-17(30-18)11-15-7-4-3-5-8-15/h3-4,6-7,9-10,13H,2,5,8,11-12,14H2,1H3,(H,22,24,25,26). The zero-order valence-electron chi connectivity index (χ0n) is 16.7. The van der Waals surface area contributed by atoms with Gasteiger partial charge >= 0.3 is 6.01 Å². The smallest absolute Gasteiger partial charge is 0.323 e. The normalized spacial score (nSPS) is 17.0. The SMILES string of the molecule is CCOc1nc(N=C2COC=C(CC3=CC=CCC3)O2)nc(NCc2ccco2)n1. The highest BCUT2D eigenvalue weighted by Crippen LogP contribution is 2.23. The van der Waals surface area contributed by atoms with Crippen LogP contribution in [0.25, 0.3) is 0 Å². The second kappa shape index (κ2) is 9.73. The number of allylic oxidation sites excluding steroid dienone is 4. The van der Waals surface area contributed by atoms with Gasteiger partial charge in [0.05, 0.1) is 19.4 Å². The van der Waals surface area contributed by atoms with E-state index in [4.69, 9.17) is 18.6 Å². The van der Waals surface area contributed by atoms with E-state index in [-0.39, 0.29) is 18.6 Å². The zero-order valence-corrected chi connectivity index (χ0v) is 16.7. The van der Waals surface area contributed by atoms with Crippen LogP contribution in [-0.2, 0) is 16.0 Å². The molecule has 156 valence electrons. The molecule has 0 bridgehead atoms. The number of aromatic nitrogens is 3. The van der Waals surface area contributed by atoms with Gasteiger partial charge in [-0.25, -0.2) is 0 Å². The summed E-state index contributed by atoms with van der Waals surface area (Å²) >= 11 is 0. The van der Waals surface area contributed by atoms with Crippen molar-refractivity contribution in [2.24, 2.45) is 4.99 Å². The third-order valence-corrected chi connectivity index (χ3v) is 4.27. The van der Waals surface area contributed by atoms with Crippen LogP contribution in [0.1, 0.15) is 31.9 Å². The van der Waals surface area contributed by atoms with Crippen LogP contribution < -0.4 is 10.1 Å². The van der Waals surface area contributed by atoms with E-state index in [0.29, 0.717) is 37.2 Å². The Bertz CT molecular complexity index is 979. The lowest BCUT2D eigenvalue weighted by molar-refractivity contribution is 0.211. The van der Waals surface area contributed by atoms with Gasteiger partial charge in [-0.15, -0.1) is 0 Å². The molecular weight excluding hydrogens is 386 g/mol. The van der Waals surface area contributed by atoms with Gasteiger partial charge in [0.2, 0.25) is 11.8 Å². The fourth-order valence-corrected chi connectivity index (χ4v) is 2.93. The van der Waals surface area contributed by atoms with Gasteiger partial charge in [0.1, 0.15) is 17.8 Å². The summed E-state index contributed by atoms with van der Waals surface area (Å²) in [5.74, 6) is 2.35. The summed E-state index contributed by atoms with van der Waals surface area (Å²) in [7, 11) is 0. The minimum absolute atomic E-state index is 0.176. The monoisotopic (exact) mass is 409 g/mol. The molecule has 2 aromatic heterocycles. The molecule has 1 aliphatic heterocycles. The number of hydrogen-bond donors (Lipinski definition) is 1. The minimum Gasteiger partial charge on any atom is -0.488 e. The van der Waals surface area contributed by atoms with Gasteiger partial charge in [-0.2, -0.15) is 19.9 Å². The Labute approximate surface area is 174 Å². The maximum absolute atomic E-state index is 5.90. The van der Waals surface area contributed by atoms with E-state index in [1.54, 1.807) is 12.5 Å². The average molecular weight is 409 g/mol. The molecule has 9 heteroatoms. The van der Waals surface area contributed by atoms with Gasteiger partial charge in [0.25, 0.3) is 5.95 Å². The first kappa shape index (κ1) is 19.7. The molecule has 2 aliphatic rings. The van der Waals surface area contributed by atoms with E-state index in [1.807, 2.05) is 19.1 Å². The van der Waals surface area contributed by atoms with E-state index in [9.17, 15) is 0 Å². The quantitative estimate of drug-likeness (QED) is 0.696. The Morgan fingerprint density at radius 3 is 3.03 bits per heavy atom. The van der Waals surface area contributed by atoms with Crippen LogP contribution in [0.15, 0.2) is 63.6 Å². The molecule has 0 atom stereocenters. The summed E-state index contributed by atoms with van der Waals surface area (Å²) < 4.78 is 22.2. The summed E-state index contributed by atoms with van der Waals surface area (Å²) in [6.45, 7) is 2.91. The molecule has 0 radical (unpaired) electrons. The molecule has 2 aromatic rings. The van der Waals surface area contributed by atoms with Gasteiger partial charge in [-0.3, -0.25) is 0 Å². The highest BCUT2D eigenvalue weighted by Gasteiger charge is 2.16. The summed E-state index contributed by atoms with van der Waals surface area (Å²) in [5, 5.41) is 3.08. The van der Waals surface area contributed by atoms with Crippen LogP contribution in [-0.4, -0.2) is 34.1 Å². The van der Waals surface area contributed by atoms with Crippen LogP contribution in [0.3, 0.4) is 0 Å². The molecule has 0 amide bonds. The fourth-order valence-electron chi connectivity index (χ4n) is 2.93. The van der Waals surface area contributed by atoms with E-state index < -0.39 is 0 Å². The number of furan rings is 1. The van der Waals surface area contributed by atoms with Crippen LogP contribution in [0.5, 0.6) is 6.01 Å². The van der Waals surface area contributed by atoms with Gasteiger partial charge < -0.3 is 23.9 Å². The van der Waals surface area contributed by atoms with Crippen molar-refractivity contribution in [1.82, 2.24) is 15.0 Å². The number of hydrogen-bond acceptors (Lipinski definition) is 9. The molecule has 0 saturated heterocycles. The second-order valence-electron chi connectivity index (χ2n) is 6.58. The topological polar surface area (TPSA) is 104 Å². The van der Waals surface area contributed by atoms with Crippen LogP contribution in [0.4, 0.5) is 11.9 Å². The maximum atomic E-state index is 5.90. The van der Waals surface area contributed by atoms with Crippen molar-refractivity contribution in [3.8, 4) is 6.01 Å². The predicted octanol–water partition coefficient (Wildman–Crippen LogP) is 4.06. The van der Waals surface area contributed by atoms with Crippen molar-refractivity contribution in [2.45, 2.75) is 32.7 Å². The Morgan fingerprint density at radius 1 is 1.27 bits per heavy atom. The van der Waals surface area contributed by atoms with Crippen LogP contribution >= 0.6 is 0 Å².